The lowest BCUT2D eigenvalue weighted by atomic mass is 9.96. The molecule has 2 aliphatic rings. The minimum Gasteiger partial charge on any atom is -0.504 e. The van der Waals surface area contributed by atoms with Crippen LogP contribution < -0.4 is 10.7 Å². The summed E-state index contributed by atoms with van der Waals surface area (Å²) < 4.78 is 31.0. The van der Waals surface area contributed by atoms with Gasteiger partial charge in [0.2, 0.25) is 5.91 Å². The number of β-lactam (4-membered cyclic amide) rings is 1. The van der Waals surface area contributed by atoms with Crippen molar-refractivity contribution >= 4 is 51.3 Å². The maximum Gasteiger partial charge on any atom is 0.331 e. The van der Waals surface area contributed by atoms with E-state index >= 15 is 0 Å². The number of carbonyl (C=O) groups excluding carboxylic acids is 4. The fourth-order valence-corrected chi connectivity index (χ4v) is 7.66. The van der Waals surface area contributed by atoms with Gasteiger partial charge in [0, 0.05) is 6.21 Å². The van der Waals surface area contributed by atoms with E-state index in [0.717, 1.165) is 23.2 Å². The lowest BCUT2D eigenvalue weighted by molar-refractivity contribution is -0.163. The van der Waals surface area contributed by atoms with Gasteiger partial charge in [-0.05, 0) is 30.2 Å². The molecule has 4 N–H and O–H groups in total. The number of halogens is 1. The number of nitrogens with zero attached hydrogens (tertiary/aromatic N) is 2. The van der Waals surface area contributed by atoms with Crippen molar-refractivity contribution in [1.82, 2.24) is 15.6 Å². The molecule has 3 atom stereocenters. The molecule has 0 spiro atoms. The molecule has 15 heteroatoms. The molecule has 2 saturated heterocycles. The minimum absolute atomic E-state index is 0.215. The molecule has 3 aromatic carbocycles. The number of phenols is 2. The smallest absolute Gasteiger partial charge is 0.331 e. The van der Waals surface area contributed by atoms with Crippen LogP contribution in [0, 0.1) is 0 Å². The second-order valence-electron chi connectivity index (χ2n) is 10.5. The number of hydrogen-bond donors (Lipinski definition) is 4. The largest absolute Gasteiger partial charge is 0.504 e. The number of amides is 3. The van der Waals surface area contributed by atoms with Gasteiger partial charge in [0.1, 0.15) is 10.1 Å². The molecule has 2 fully saturated rings. The lowest BCUT2D eigenvalue weighted by Gasteiger charge is -2.36. The number of aromatic hydroxyl groups is 2. The van der Waals surface area contributed by atoms with Gasteiger partial charge in [0.15, 0.2) is 33.5 Å². The van der Waals surface area contributed by atoms with E-state index in [9.17, 15) is 37.8 Å². The Morgan fingerprint density at radius 2 is 1.67 bits per heavy atom. The summed E-state index contributed by atoms with van der Waals surface area (Å²) in [6, 6.07) is 18.2. The van der Waals surface area contributed by atoms with Crippen molar-refractivity contribution in [1.29, 1.82) is 0 Å². The summed E-state index contributed by atoms with van der Waals surface area (Å²) in [5, 5.41) is 23.5. The number of fused-ring (bicyclic) bond motifs is 1. The van der Waals surface area contributed by atoms with E-state index < -0.39 is 78.9 Å². The highest BCUT2D eigenvalue weighted by atomic mass is 35.5. The monoisotopic (exact) mass is 654 g/mol. The van der Waals surface area contributed by atoms with Gasteiger partial charge in [0.05, 0.1) is 23.6 Å². The maximum atomic E-state index is 13.8. The summed E-state index contributed by atoms with van der Waals surface area (Å²) >= 11 is 5.87. The van der Waals surface area contributed by atoms with Crippen LogP contribution in [0.2, 0.25) is 5.02 Å². The summed E-state index contributed by atoms with van der Waals surface area (Å²) in [4.78, 5) is 52.2. The number of sulfone groups is 1. The second kappa shape index (κ2) is 12.2. The molecule has 2 heterocycles. The molecule has 13 nitrogen and oxygen atoms in total. The summed E-state index contributed by atoms with van der Waals surface area (Å²) in [7, 11) is -4.22. The molecule has 2 aliphatic heterocycles. The fraction of sp³-hybridized carbons (Fsp3) is 0.233. The molecule has 0 aromatic heterocycles. The number of hydrazone groups is 1. The Kier molecular flexibility index (Phi) is 8.54. The first-order valence-electron chi connectivity index (χ1n) is 13.5. The minimum atomic E-state index is -4.22. The molecule has 3 unspecified atom stereocenters. The normalized spacial score (nSPS) is 21.7. The molecule has 3 aromatic rings. The first-order chi connectivity index (χ1) is 21.4. The van der Waals surface area contributed by atoms with Crippen molar-refractivity contribution in [2.45, 2.75) is 35.6 Å². The van der Waals surface area contributed by atoms with Crippen LogP contribution in [-0.2, 0) is 29.0 Å². The summed E-state index contributed by atoms with van der Waals surface area (Å²) in [6.07, 6.45) is -0.356. The van der Waals surface area contributed by atoms with E-state index in [4.69, 9.17) is 16.3 Å². The number of phenolic OH excluding ortho intramolecular Hbond substituents is 2. The van der Waals surface area contributed by atoms with Crippen LogP contribution in [0.4, 0.5) is 0 Å². The van der Waals surface area contributed by atoms with Crippen molar-refractivity contribution in [3.8, 4) is 11.5 Å². The predicted molar refractivity (Wildman–Crippen MR) is 161 cm³/mol. The van der Waals surface area contributed by atoms with Gasteiger partial charge in [-0.3, -0.25) is 14.4 Å². The molecular formula is C30H27ClN4O9S. The first-order valence-corrected chi connectivity index (χ1v) is 15.5. The van der Waals surface area contributed by atoms with Gasteiger partial charge in [0.25, 0.3) is 11.8 Å². The Balaban J connectivity index is 1.34. The average Bonchev–Trinajstić information content (AvgIpc) is 3.16. The van der Waals surface area contributed by atoms with E-state index in [1.54, 1.807) is 60.7 Å². The second-order valence-corrected chi connectivity index (χ2v) is 13.4. The van der Waals surface area contributed by atoms with Gasteiger partial charge in [-0.25, -0.2) is 18.6 Å². The molecule has 0 saturated carbocycles. The molecule has 0 radical (unpaired) electrons. The van der Waals surface area contributed by atoms with Crippen LogP contribution in [0.3, 0.4) is 0 Å². The highest BCUT2D eigenvalue weighted by molar-refractivity contribution is 7.94. The topological polar surface area (TPSA) is 192 Å². The molecular weight excluding hydrogens is 628 g/mol. The molecule has 3 amide bonds. The van der Waals surface area contributed by atoms with Crippen LogP contribution >= 0.6 is 11.6 Å². The fourth-order valence-electron chi connectivity index (χ4n) is 5.21. The van der Waals surface area contributed by atoms with Crippen LogP contribution in [-0.4, -0.2) is 76.1 Å². The zero-order chi connectivity index (χ0) is 32.5. The Hall–Kier alpha value is -4.95. The highest BCUT2D eigenvalue weighted by Gasteiger charge is 2.70. The number of nitrogens with one attached hydrogen (secondary N) is 2. The number of carbonyl (C=O) groups is 4. The third-order valence-electron chi connectivity index (χ3n) is 7.66. The number of benzene rings is 3. The Morgan fingerprint density at radius 1 is 1.07 bits per heavy atom. The molecule has 0 aliphatic carbocycles. The Bertz CT molecular complexity index is 1770. The van der Waals surface area contributed by atoms with Gasteiger partial charge < -0.3 is 25.2 Å². The van der Waals surface area contributed by atoms with E-state index in [2.05, 4.69) is 15.8 Å². The molecule has 5 rings (SSSR count). The molecule has 234 valence electrons. The van der Waals surface area contributed by atoms with Crippen LogP contribution in [0.15, 0.2) is 77.9 Å². The number of hydrogen-bond acceptors (Lipinski definition) is 10. The number of ether oxygens (including phenoxy) is 1. The van der Waals surface area contributed by atoms with Gasteiger partial charge in [-0.15, -0.1) is 0 Å². The first kappa shape index (κ1) is 31.5. The van der Waals surface area contributed by atoms with E-state index in [1.165, 1.54) is 6.92 Å². The SMILES string of the molecule is CC1(/C=N/NC(=O)CNC(=O)c2ccc(O)c(O)c2Cl)C(C(=O)OC(c2ccccc2)c2ccccc2)N2C(=O)CC2S1(=O)=O. The predicted octanol–water partition coefficient (Wildman–Crippen LogP) is 2.03. The van der Waals surface area contributed by atoms with Crippen molar-refractivity contribution in [2.24, 2.45) is 5.10 Å². The number of rotatable bonds is 9. The van der Waals surface area contributed by atoms with E-state index in [-0.39, 0.29) is 12.0 Å². The zero-order valence-corrected chi connectivity index (χ0v) is 25.2. The number of esters is 1. The lowest BCUT2D eigenvalue weighted by Crippen LogP contribution is -2.58. The Labute approximate surface area is 262 Å². The van der Waals surface area contributed by atoms with Crippen LogP contribution in [0.5, 0.6) is 11.5 Å². The van der Waals surface area contributed by atoms with Crippen LogP contribution in [0.25, 0.3) is 0 Å². The van der Waals surface area contributed by atoms with Crippen molar-refractivity contribution in [2.75, 3.05) is 6.54 Å². The highest BCUT2D eigenvalue weighted by Crippen LogP contribution is 2.46. The van der Waals surface area contributed by atoms with Gasteiger partial charge in [-0.1, -0.05) is 72.3 Å². The summed E-state index contributed by atoms with van der Waals surface area (Å²) in [5.41, 5.74) is 3.13. The van der Waals surface area contributed by atoms with Crippen LogP contribution in [0.1, 0.15) is 40.9 Å². The third kappa shape index (κ3) is 5.69. The quantitative estimate of drug-likeness (QED) is 0.0879. The van der Waals surface area contributed by atoms with Crippen molar-refractivity contribution in [3.05, 3.63) is 94.5 Å². The van der Waals surface area contributed by atoms with E-state index in [1.807, 2.05) is 0 Å². The van der Waals surface area contributed by atoms with Gasteiger partial charge in [-0.2, -0.15) is 5.10 Å². The standard InChI is InChI=1S/C30H27ClN4O9S/c1-30(16-33-34-21(37)15-32-28(40)19-12-13-20(36)25(39)24(19)31)27(35-22(38)14-23(35)45(30,42)43)29(41)44-26(17-8-4-2-5-9-17)18-10-6-3-7-11-18/h2-13,16,23,26-27,36,39H,14-15H2,1H3,(H,32,40)(H,34,37)/b33-16+. The maximum absolute atomic E-state index is 13.8. The Morgan fingerprint density at radius 3 is 2.24 bits per heavy atom. The van der Waals surface area contributed by atoms with Gasteiger partial charge >= 0.3 is 5.97 Å². The zero-order valence-electron chi connectivity index (χ0n) is 23.6. The molecule has 45 heavy (non-hydrogen) atoms. The van der Waals surface area contributed by atoms with Crippen molar-refractivity contribution in [3.63, 3.8) is 0 Å². The molecule has 0 bridgehead atoms. The third-order valence-corrected chi connectivity index (χ3v) is 10.7. The summed E-state index contributed by atoms with van der Waals surface area (Å²) in [6.45, 7) is 0.586. The average molecular weight is 655 g/mol. The summed E-state index contributed by atoms with van der Waals surface area (Å²) in [5.74, 6) is -4.50. The van der Waals surface area contributed by atoms with Crippen molar-refractivity contribution < 1.29 is 42.5 Å². The van der Waals surface area contributed by atoms with E-state index in [0.29, 0.717) is 11.1 Å².